The number of nitrogens with one attached hydrogen (secondary N) is 2. The molecule has 1 amide bonds. The third kappa shape index (κ3) is 4.52. The van der Waals surface area contributed by atoms with Crippen molar-refractivity contribution in [2.45, 2.75) is 32.7 Å². The zero-order chi connectivity index (χ0) is 15.3. The van der Waals surface area contributed by atoms with Crippen molar-refractivity contribution in [1.29, 1.82) is 0 Å². The van der Waals surface area contributed by atoms with Crippen molar-refractivity contribution in [2.24, 2.45) is 5.41 Å². The Morgan fingerprint density at radius 2 is 2.29 bits per heavy atom. The Morgan fingerprint density at radius 1 is 1.57 bits per heavy atom. The van der Waals surface area contributed by atoms with Crippen molar-refractivity contribution in [3.05, 3.63) is 22.5 Å². The lowest BCUT2D eigenvalue weighted by molar-refractivity contribution is -0.385. The summed E-state index contributed by atoms with van der Waals surface area (Å²) in [5, 5.41) is 20.7. The summed E-state index contributed by atoms with van der Waals surface area (Å²) in [6.45, 7) is 5.18. The van der Waals surface area contributed by atoms with Crippen LogP contribution in [-0.4, -0.2) is 40.2 Å². The van der Waals surface area contributed by atoms with Gasteiger partial charge >= 0.3 is 5.69 Å². The fourth-order valence-electron chi connectivity index (χ4n) is 2.39. The SMILES string of the molecule is CC1(CNC(=O)CCn2cc([N+](=O)[O-])cn2)CCNCC1. The Hall–Kier alpha value is -1.96. The first-order valence-electron chi connectivity index (χ1n) is 7.13. The van der Waals surface area contributed by atoms with E-state index in [1.807, 2.05) is 0 Å². The molecular weight excluding hydrogens is 274 g/mol. The Morgan fingerprint density at radius 3 is 2.90 bits per heavy atom. The van der Waals surface area contributed by atoms with Gasteiger partial charge < -0.3 is 10.6 Å². The van der Waals surface area contributed by atoms with Gasteiger partial charge in [0.15, 0.2) is 0 Å². The van der Waals surface area contributed by atoms with E-state index in [-0.39, 0.29) is 23.4 Å². The molecule has 0 aliphatic carbocycles. The summed E-state index contributed by atoms with van der Waals surface area (Å²) in [6.07, 6.45) is 4.90. The summed E-state index contributed by atoms with van der Waals surface area (Å²) >= 11 is 0. The van der Waals surface area contributed by atoms with Crippen LogP contribution in [0.1, 0.15) is 26.2 Å². The molecule has 116 valence electrons. The second-order valence-corrected chi connectivity index (χ2v) is 5.81. The molecular formula is C13H21N5O3. The van der Waals surface area contributed by atoms with Gasteiger partial charge in [-0.2, -0.15) is 5.10 Å². The first-order valence-corrected chi connectivity index (χ1v) is 7.13. The monoisotopic (exact) mass is 295 g/mol. The number of amides is 1. The van der Waals surface area contributed by atoms with E-state index in [9.17, 15) is 14.9 Å². The van der Waals surface area contributed by atoms with Crippen LogP contribution in [0.15, 0.2) is 12.4 Å². The lowest BCUT2D eigenvalue weighted by Gasteiger charge is -2.34. The van der Waals surface area contributed by atoms with Crippen molar-refractivity contribution in [2.75, 3.05) is 19.6 Å². The third-order valence-electron chi connectivity index (χ3n) is 3.92. The number of nitrogens with zero attached hydrogens (tertiary/aromatic N) is 3. The van der Waals surface area contributed by atoms with E-state index < -0.39 is 4.92 Å². The van der Waals surface area contributed by atoms with Gasteiger partial charge in [0.1, 0.15) is 12.4 Å². The zero-order valence-electron chi connectivity index (χ0n) is 12.2. The first kappa shape index (κ1) is 15.4. The second kappa shape index (κ2) is 6.66. The van der Waals surface area contributed by atoms with E-state index in [0.717, 1.165) is 25.9 Å². The fourth-order valence-corrected chi connectivity index (χ4v) is 2.39. The second-order valence-electron chi connectivity index (χ2n) is 5.81. The molecule has 1 aliphatic rings. The molecule has 0 atom stereocenters. The Balaban J connectivity index is 1.72. The summed E-state index contributed by atoms with van der Waals surface area (Å²) < 4.78 is 1.42. The highest BCUT2D eigenvalue weighted by Gasteiger charge is 2.26. The van der Waals surface area contributed by atoms with Crippen molar-refractivity contribution in [3.8, 4) is 0 Å². The molecule has 8 heteroatoms. The van der Waals surface area contributed by atoms with Crippen LogP contribution in [0.4, 0.5) is 5.69 Å². The smallest absolute Gasteiger partial charge is 0.306 e. The van der Waals surface area contributed by atoms with Crippen LogP contribution in [0.5, 0.6) is 0 Å². The predicted octanol–water partition coefficient (Wildman–Crippen LogP) is 0.687. The van der Waals surface area contributed by atoms with E-state index in [1.165, 1.54) is 17.1 Å². The van der Waals surface area contributed by atoms with Crippen molar-refractivity contribution < 1.29 is 9.72 Å². The van der Waals surface area contributed by atoms with Crippen molar-refractivity contribution >= 4 is 11.6 Å². The predicted molar refractivity (Wildman–Crippen MR) is 76.7 cm³/mol. The van der Waals surface area contributed by atoms with Crippen LogP contribution in [-0.2, 0) is 11.3 Å². The number of aromatic nitrogens is 2. The lowest BCUT2D eigenvalue weighted by atomic mass is 9.81. The highest BCUT2D eigenvalue weighted by molar-refractivity contribution is 5.75. The Kier molecular flexibility index (Phi) is 4.89. The number of rotatable bonds is 6. The van der Waals surface area contributed by atoms with E-state index in [2.05, 4.69) is 22.7 Å². The molecule has 0 radical (unpaired) electrons. The number of nitro groups is 1. The molecule has 0 spiro atoms. The van der Waals surface area contributed by atoms with Gasteiger partial charge in [-0.1, -0.05) is 6.92 Å². The molecule has 21 heavy (non-hydrogen) atoms. The van der Waals surface area contributed by atoms with Crippen LogP contribution in [0, 0.1) is 15.5 Å². The van der Waals surface area contributed by atoms with Crippen molar-refractivity contribution in [1.82, 2.24) is 20.4 Å². The molecule has 0 bridgehead atoms. The zero-order valence-corrected chi connectivity index (χ0v) is 12.2. The average molecular weight is 295 g/mol. The molecule has 0 aromatic carbocycles. The normalized spacial score (nSPS) is 17.4. The standard InChI is InChI=1S/C13H21N5O3/c1-13(3-5-14-6-4-13)10-15-12(19)2-7-17-9-11(8-16-17)18(20)21/h8-9,14H,2-7,10H2,1H3,(H,15,19). The molecule has 1 saturated heterocycles. The number of hydrogen-bond acceptors (Lipinski definition) is 5. The number of piperidine rings is 1. The minimum absolute atomic E-state index is 0.0482. The number of carbonyl (C=O) groups is 1. The minimum Gasteiger partial charge on any atom is -0.355 e. The average Bonchev–Trinajstić information content (AvgIpc) is 2.93. The topological polar surface area (TPSA) is 102 Å². The Labute approximate surface area is 123 Å². The van der Waals surface area contributed by atoms with Gasteiger partial charge in [-0.05, 0) is 31.3 Å². The maximum atomic E-state index is 11.8. The third-order valence-corrected chi connectivity index (χ3v) is 3.92. The summed E-state index contributed by atoms with van der Waals surface area (Å²) in [6, 6.07) is 0. The molecule has 1 fully saturated rings. The summed E-state index contributed by atoms with van der Waals surface area (Å²) in [5.41, 5.74) is 0.100. The summed E-state index contributed by atoms with van der Waals surface area (Å²) in [4.78, 5) is 21.9. The van der Waals surface area contributed by atoms with Crippen LogP contribution in [0.2, 0.25) is 0 Å². The van der Waals surface area contributed by atoms with E-state index in [0.29, 0.717) is 13.1 Å². The van der Waals surface area contributed by atoms with Crippen LogP contribution in [0.3, 0.4) is 0 Å². The van der Waals surface area contributed by atoms with Gasteiger partial charge in [-0.3, -0.25) is 19.6 Å². The summed E-state index contributed by atoms with van der Waals surface area (Å²) in [5.74, 6) is -0.0482. The summed E-state index contributed by atoms with van der Waals surface area (Å²) in [7, 11) is 0. The minimum atomic E-state index is -0.498. The van der Waals surface area contributed by atoms with Gasteiger partial charge in [0.25, 0.3) is 0 Å². The van der Waals surface area contributed by atoms with E-state index in [1.54, 1.807) is 0 Å². The van der Waals surface area contributed by atoms with Gasteiger partial charge in [0.2, 0.25) is 5.91 Å². The lowest BCUT2D eigenvalue weighted by Crippen LogP contribution is -2.43. The molecule has 1 aromatic heterocycles. The van der Waals surface area contributed by atoms with Gasteiger partial charge in [0, 0.05) is 19.5 Å². The van der Waals surface area contributed by atoms with Gasteiger partial charge in [-0.25, -0.2) is 0 Å². The quantitative estimate of drug-likeness (QED) is 0.593. The molecule has 2 heterocycles. The van der Waals surface area contributed by atoms with Crippen LogP contribution >= 0.6 is 0 Å². The van der Waals surface area contributed by atoms with Gasteiger partial charge in [-0.15, -0.1) is 0 Å². The number of aryl methyl sites for hydroxylation is 1. The largest absolute Gasteiger partial charge is 0.355 e. The molecule has 1 aromatic rings. The molecule has 2 N–H and O–H groups in total. The molecule has 1 aliphatic heterocycles. The fraction of sp³-hybridized carbons (Fsp3) is 0.692. The van der Waals surface area contributed by atoms with E-state index in [4.69, 9.17) is 0 Å². The van der Waals surface area contributed by atoms with Crippen LogP contribution in [0.25, 0.3) is 0 Å². The Bertz CT molecular complexity index is 508. The highest BCUT2D eigenvalue weighted by atomic mass is 16.6. The number of carbonyl (C=O) groups excluding carboxylic acids is 1. The van der Waals surface area contributed by atoms with Crippen LogP contribution < -0.4 is 10.6 Å². The van der Waals surface area contributed by atoms with E-state index >= 15 is 0 Å². The maximum absolute atomic E-state index is 11.8. The van der Waals surface area contributed by atoms with Crippen molar-refractivity contribution in [3.63, 3.8) is 0 Å². The maximum Gasteiger partial charge on any atom is 0.306 e. The highest BCUT2D eigenvalue weighted by Crippen LogP contribution is 2.26. The van der Waals surface area contributed by atoms with Gasteiger partial charge in [0.05, 0.1) is 4.92 Å². The molecule has 0 saturated carbocycles. The molecule has 8 nitrogen and oxygen atoms in total. The first-order chi connectivity index (χ1) is 9.98. The number of hydrogen-bond donors (Lipinski definition) is 2. The molecule has 0 unspecified atom stereocenters. The molecule has 2 rings (SSSR count).